The minimum atomic E-state index is -2.59. The Bertz CT molecular complexity index is 1190. The lowest BCUT2D eigenvalue weighted by Gasteiger charge is -2.24. The van der Waals surface area contributed by atoms with Gasteiger partial charge in [0, 0.05) is 23.6 Å². The number of benzene rings is 1. The molecule has 1 amide bonds. The van der Waals surface area contributed by atoms with Crippen LogP contribution in [-0.2, 0) is 11.2 Å². The zero-order valence-electron chi connectivity index (χ0n) is 21.6. The molecule has 1 aromatic heterocycles. The lowest BCUT2D eigenvalue weighted by molar-refractivity contribution is 0.0814. The summed E-state index contributed by atoms with van der Waals surface area (Å²) >= 11 is 0. The topological polar surface area (TPSA) is 115 Å². The molecule has 0 saturated carbocycles. The number of aromatic hydroxyl groups is 1. The average molecular weight is 522 g/mol. The molecule has 1 heterocycles. The van der Waals surface area contributed by atoms with Crippen LogP contribution >= 0.6 is 0 Å². The summed E-state index contributed by atoms with van der Waals surface area (Å²) in [6.45, 7) is 6.17. The normalized spacial score (nSPS) is 12.5. The van der Waals surface area contributed by atoms with Gasteiger partial charge < -0.3 is 19.0 Å². The van der Waals surface area contributed by atoms with Gasteiger partial charge in [0.1, 0.15) is 29.4 Å². The number of halogens is 2. The van der Waals surface area contributed by atoms with Crippen molar-refractivity contribution in [3.8, 4) is 11.5 Å². The van der Waals surface area contributed by atoms with E-state index in [4.69, 9.17) is 9.15 Å². The number of amides is 1. The summed E-state index contributed by atoms with van der Waals surface area (Å²) < 4.78 is 39.7. The van der Waals surface area contributed by atoms with Crippen LogP contribution in [0.5, 0.6) is 11.5 Å². The Balaban J connectivity index is 2.13. The molecule has 0 saturated heterocycles. The number of alkyl halides is 2. The van der Waals surface area contributed by atoms with E-state index in [-0.39, 0.29) is 18.1 Å². The molecule has 0 fully saturated rings. The molecule has 10 heteroatoms. The third-order valence-electron chi connectivity index (χ3n) is 5.87. The molecule has 2 aromatic rings. The number of carbonyl (C=O) groups excluding carboxylic acids is 2. The van der Waals surface area contributed by atoms with Crippen LogP contribution in [-0.4, -0.2) is 37.1 Å². The number of allylic oxidation sites excluding steroid dienone is 1. The maximum Gasteiger partial charge on any atom is 0.410 e. The van der Waals surface area contributed by atoms with E-state index in [1.54, 1.807) is 45.0 Å². The average Bonchev–Trinajstić information content (AvgIpc) is 2.82. The van der Waals surface area contributed by atoms with Crippen molar-refractivity contribution in [2.24, 2.45) is 5.41 Å². The summed E-state index contributed by atoms with van der Waals surface area (Å²) in [7, 11) is 1.25. The van der Waals surface area contributed by atoms with Gasteiger partial charge in [-0.05, 0) is 49.4 Å². The number of rotatable bonds is 12. The van der Waals surface area contributed by atoms with Crippen LogP contribution in [0.25, 0.3) is 0 Å². The second-order valence-electron chi connectivity index (χ2n) is 9.39. The first-order chi connectivity index (χ1) is 17.4. The first-order valence-corrected chi connectivity index (χ1v) is 11.8. The van der Waals surface area contributed by atoms with Crippen molar-refractivity contribution in [2.75, 3.05) is 13.7 Å². The van der Waals surface area contributed by atoms with Crippen LogP contribution in [0.3, 0.4) is 0 Å². The Hall–Kier alpha value is -3.69. The molecule has 0 bridgehead atoms. The second-order valence-corrected chi connectivity index (χ2v) is 9.39. The summed E-state index contributed by atoms with van der Waals surface area (Å²) in [6, 6.07) is 6.13. The molecule has 2 N–H and O–H groups in total. The molecule has 1 atom stereocenters. The Morgan fingerprint density at radius 1 is 1.24 bits per heavy atom. The minimum absolute atomic E-state index is 0.232. The number of hydrogen-bond acceptors (Lipinski definition) is 7. The Kier molecular flexibility index (Phi) is 10.4. The van der Waals surface area contributed by atoms with Gasteiger partial charge in [-0.15, -0.1) is 0 Å². The Labute approximate surface area is 214 Å². The molecule has 0 aliphatic carbocycles. The molecule has 202 valence electrons. The number of nitrogens with one attached hydrogen (secondary N) is 1. The Morgan fingerprint density at radius 3 is 2.54 bits per heavy atom. The van der Waals surface area contributed by atoms with E-state index in [2.05, 4.69) is 10.1 Å². The zero-order valence-corrected chi connectivity index (χ0v) is 21.6. The van der Waals surface area contributed by atoms with Gasteiger partial charge in [-0.3, -0.25) is 10.1 Å². The fourth-order valence-corrected chi connectivity index (χ4v) is 3.72. The quantitative estimate of drug-likeness (QED) is 0.354. The summed E-state index contributed by atoms with van der Waals surface area (Å²) in [5.74, 6) is -0.740. The number of hydrogen-bond donors (Lipinski definition) is 2. The van der Waals surface area contributed by atoms with Crippen LogP contribution in [0.1, 0.15) is 66.8 Å². The van der Waals surface area contributed by atoms with Gasteiger partial charge in [0.25, 0.3) is 6.43 Å². The standard InChI is InChI=1S/C27H33F2NO7/c1-16(8-6-7-11-30-26(34)35-5)21-13-20(31)23(25(33)37-21)24(32)27(3,4)14-18-9-10-19(12-17(18)2)36-15-22(28)29/h7,9-13,16,22,31H,6,8,14-15H2,1-5H3,(H,30,34)/b11-7+. The van der Waals surface area contributed by atoms with Gasteiger partial charge >= 0.3 is 11.7 Å². The van der Waals surface area contributed by atoms with Crippen molar-refractivity contribution >= 4 is 11.9 Å². The third-order valence-corrected chi connectivity index (χ3v) is 5.87. The maximum atomic E-state index is 13.3. The fourth-order valence-electron chi connectivity index (χ4n) is 3.72. The van der Waals surface area contributed by atoms with E-state index in [1.807, 2.05) is 6.92 Å². The number of carbonyl (C=O) groups is 2. The van der Waals surface area contributed by atoms with Crippen molar-refractivity contribution in [1.82, 2.24) is 5.32 Å². The van der Waals surface area contributed by atoms with E-state index < -0.39 is 47.3 Å². The molecule has 0 aliphatic heterocycles. The largest absolute Gasteiger partial charge is 0.507 e. The summed E-state index contributed by atoms with van der Waals surface area (Å²) in [5.41, 5.74) is -0.907. The second kappa shape index (κ2) is 13.0. The van der Waals surface area contributed by atoms with Crippen molar-refractivity contribution in [3.05, 3.63) is 69.4 Å². The molecule has 1 aromatic carbocycles. The molecule has 37 heavy (non-hydrogen) atoms. The maximum absolute atomic E-state index is 13.3. The van der Waals surface area contributed by atoms with Gasteiger partial charge in [0.15, 0.2) is 5.78 Å². The monoisotopic (exact) mass is 521 g/mol. The third kappa shape index (κ3) is 8.44. The fraction of sp³-hybridized carbons (Fsp3) is 0.444. The molecule has 0 aliphatic rings. The molecular weight excluding hydrogens is 488 g/mol. The molecular formula is C27H33F2NO7. The van der Waals surface area contributed by atoms with Gasteiger partial charge in [-0.1, -0.05) is 32.9 Å². The summed E-state index contributed by atoms with van der Waals surface area (Å²) in [6.07, 6.45) is 1.32. The van der Waals surface area contributed by atoms with Crippen LogP contribution < -0.4 is 15.7 Å². The van der Waals surface area contributed by atoms with Crippen molar-refractivity contribution in [1.29, 1.82) is 0 Å². The van der Waals surface area contributed by atoms with Crippen LogP contribution in [0.15, 0.2) is 45.8 Å². The molecule has 0 spiro atoms. The number of ketones is 1. The molecule has 8 nitrogen and oxygen atoms in total. The minimum Gasteiger partial charge on any atom is -0.507 e. The number of ether oxygens (including phenoxy) is 2. The van der Waals surface area contributed by atoms with E-state index in [0.29, 0.717) is 18.6 Å². The van der Waals surface area contributed by atoms with E-state index in [0.717, 1.165) is 11.1 Å². The number of methoxy groups -OCH3 is 1. The zero-order chi connectivity index (χ0) is 27.8. The van der Waals surface area contributed by atoms with Gasteiger partial charge in [0.05, 0.1) is 7.11 Å². The van der Waals surface area contributed by atoms with Crippen LogP contribution in [0, 0.1) is 12.3 Å². The number of aryl methyl sites for hydroxylation is 1. The van der Waals surface area contributed by atoms with E-state index in [9.17, 15) is 28.3 Å². The van der Waals surface area contributed by atoms with Crippen molar-refractivity contribution in [2.45, 2.75) is 59.3 Å². The van der Waals surface area contributed by atoms with Crippen molar-refractivity contribution < 1.29 is 37.4 Å². The van der Waals surface area contributed by atoms with E-state index in [1.165, 1.54) is 19.4 Å². The summed E-state index contributed by atoms with van der Waals surface area (Å²) in [5, 5.41) is 13.0. The predicted molar refractivity (Wildman–Crippen MR) is 133 cm³/mol. The predicted octanol–water partition coefficient (Wildman–Crippen LogP) is 5.50. The highest BCUT2D eigenvalue weighted by Gasteiger charge is 2.34. The van der Waals surface area contributed by atoms with E-state index >= 15 is 0 Å². The van der Waals surface area contributed by atoms with Crippen LogP contribution in [0.4, 0.5) is 13.6 Å². The lowest BCUT2D eigenvalue weighted by atomic mass is 9.78. The Morgan fingerprint density at radius 2 is 1.95 bits per heavy atom. The highest BCUT2D eigenvalue weighted by Crippen LogP contribution is 2.32. The van der Waals surface area contributed by atoms with Gasteiger partial charge in [-0.25, -0.2) is 18.4 Å². The van der Waals surface area contributed by atoms with Crippen molar-refractivity contribution in [3.63, 3.8) is 0 Å². The molecule has 1 unspecified atom stereocenters. The van der Waals surface area contributed by atoms with Gasteiger partial charge in [-0.2, -0.15) is 0 Å². The smallest absolute Gasteiger partial charge is 0.410 e. The first-order valence-electron chi connectivity index (χ1n) is 11.8. The molecule has 0 radical (unpaired) electrons. The summed E-state index contributed by atoms with van der Waals surface area (Å²) in [4.78, 5) is 37.0. The van der Waals surface area contributed by atoms with Crippen LogP contribution in [0.2, 0.25) is 0 Å². The highest BCUT2D eigenvalue weighted by atomic mass is 19.3. The first kappa shape index (κ1) is 29.5. The SMILES string of the molecule is COC(=O)N/C=C/CCC(C)c1cc(O)c(C(=O)C(C)(C)Cc2ccc(OCC(F)F)cc2C)c(=O)o1. The highest BCUT2D eigenvalue weighted by molar-refractivity contribution is 6.02. The lowest BCUT2D eigenvalue weighted by Crippen LogP contribution is -2.31. The number of Topliss-reactive ketones (excluding diaryl/α,β-unsaturated/α-hetero) is 1. The number of alkyl carbamates (subject to hydrolysis) is 1. The van der Waals surface area contributed by atoms with Gasteiger partial charge in [0.2, 0.25) is 0 Å². The molecule has 2 rings (SSSR count).